The highest BCUT2D eigenvalue weighted by Crippen LogP contribution is 2.27. The van der Waals surface area contributed by atoms with Crippen molar-refractivity contribution in [3.8, 4) is 5.75 Å². The molecule has 1 aromatic rings. The average Bonchev–Trinajstić information content (AvgIpc) is 2.39. The molecule has 2 unspecified atom stereocenters. The summed E-state index contributed by atoms with van der Waals surface area (Å²) in [5.41, 5.74) is 7.46. The van der Waals surface area contributed by atoms with E-state index in [-0.39, 0.29) is 0 Å². The number of ether oxygens (including phenoxy) is 1. The normalized spacial score (nSPS) is 23.6. The molecule has 3 nitrogen and oxygen atoms in total. The van der Waals surface area contributed by atoms with Crippen molar-refractivity contribution in [2.24, 2.45) is 5.73 Å². The van der Waals surface area contributed by atoms with E-state index in [0.717, 1.165) is 23.2 Å². The van der Waals surface area contributed by atoms with Crippen LogP contribution in [-0.4, -0.2) is 31.1 Å². The van der Waals surface area contributed by atoms with Gasteiger partial charge in [-0.25, -0.2) is 0 Å². The maximum Gasteiger partial charge on any atom is 0.123 e. The first-order valence-corrected chi connectivity index (χ1v) is 7.69. The van der Waals surface area contributed by atoms with E-state index in [1.165, 1.54) is 24.8 Å². The quantitative estimate of drug-likeness (QED) is 0.923. The smallest absolute Gasteiger partial charge is 0.123 e. The number of rotatable bonds is 4. The van der Waals surface area contributed by atoms with Crippen LogP contribution in [0.25, 0.3) is 0 Å². The monoisotopic (exact) mass is 326 g/mol. The lowest BCUT2D eigenvalue weighted by atomic mass is 9.90. The molecule has 2 atom stereocenters. The van der Waals surface area contributed by atoms with Crippen molar-refractivity contribution >= 4 is 15.9 Å². The minimum absolute atomic E-state index is 0.303. The van der Waals surface area contributed by atoms with Crippen LogP contribution in [0.4, 0.5) is 0 Å². The molecule has 0 spiro atoms. The molecule has 106 valence electrons. The van der Waals surface area contributed by atoms with Gasteiger partial charge >= 0.3 is 0 Å². The Balaban J connectivity index is 2.09. The standard InChI is InChI=1S/C15H23BrN2O/c1-18(14-6-4-3-5-13(14)17)10-11-9-12(16)7-8-15(11)19-2/h7-9,13-14H,3-6,10,17H2,1-2H3. The van der Waals surface area contributed by atoms with Crippen LogP contribution < -0.4 is 10.5 Å². The summed E-state index contributed by atoms with van der Waals surface area (Å²) in [6, 6.07) is 6.93. The highest BCUT2D eigenvalue weighted by Gasteiger charge is 2.25. The Morgan fingerprint density at radius 2 is 2.11 bits per heavy atom. The van der Waals surface area contributed by atoms with Crippen LogP contribution in [0, 0.1) is 0 Å². The van der Waals surface area contributed by atoms with Gasteiger partial charge in [-0.05, 0) is 38.1 Å². The van der Waals surface area contributed by atoms with Crippen LogP contribution >= 0.6 is 15.9 Å². The molecule has 0 amide bonds. The van der Waals surface area contributed by atoms with Crippen molar-refractivity contribution in [2.45, 2.75) is 44.3 Å². The van der Waals surface area contributed by atoms with Crippen molar-refractivity contribution in [1.29, 1.82) is 0 Å². The van der Waals surface area contributed by atoms with Crippen LogP contribution in [0.3, 0.4) is 0 Å². The minimum atomic E-state index is 0.303. The molecule has 1 fully saturated rings. The third-order valence-corrected chi connectivity index (χ3v) is 4.50. The van der Waals surface area contributed by atoms with E-state index in [2.05, 4.69) is 33.9 Å². The first-order chi connectivity index (χ1) is 9.11. The van der Waals surface area contributed by atoms with Gasteiger partial charge in [-0.15, -0.1) is 0 Å². The van der Waals surface area contributed by atoms with Crippen molar-refractivity contribution < 1.29 is 4.74 Å². The Morgan fingerprint density at radius 3 is 2.79 bits per heavy atom. The molecule has 0 aliphatic heterocycles. The van der Waals surface area contributed by atoms with Crippen molar-refractivity contribution in [2.75, 3.05) is 14.2 Å². The van der Waals surface area contributed by atoms with Crippen LogP contribution in [0.15, 0.2) is 22.7 Å². The Labute approximate surface area is 124 Å². The van der Waals surface area contributed by atoms with Crippen LogP contribution in [0.5, 0.6) is 5.75 Å². The number of nitrogens with zero attached hydrogens (tertiary/aromatic N) is 1. The molecule has 0 radical (unpaired) electrons. The van der Waals surface area contributed by atoms with Gasteiger partial charge in [0.2, 0.25) is 0 Å². The number of likely N-dealkylation sites (N-methyl/N-ethyl adjacent to an activating group) is 1. The van der Waals surface area contributed by atoms with Gasteiger partial charge in [-0.2, -0.15) is 0 Å². The van der Waals surface area contributed by atoms with Gasteiger partial charge < -0.3 is 10.5 Å². The zero-order chi connectivity index (χ0) is 13.8. The molecule has 2 N–H and O–H groups in total. The maximum absolute atomic E-state index is 6.25. The molecule has 1 saturated carbocycles. The highest BCUT2D eigenvalue weighted by molar-refractivity contribution is 9.10. The molecular formula is C15H23BrN2O. The van der Waals surface area contributed by atoms with E-state index in [0.29, 0.717) is 12.1 Å². The summed E-state index contributed by atoms with van der Waals surface area (Å²) in [7, 11) is 3.88. The summed E-state index contributed by atoms with van der Waals surface area (Å²) in [6.07, 6.45) is 4.91. The van der Waals surface area contributed by atoms with Gasteiger partial charge in [0.1, 0.15) is 5.75 Å². The van der Waals surface area contributed by atoms with E-state index >= 15 is 0 Å². The van der Waals surface area contributed by atoms with E-state index in [1.54, 1.807) is 7.11 Å². The van der Waals surface area contributed by atoms with Crippen LogP contribution in [-0.2, 0) is 6.54 Å². The van der Waals surface area contributed by atoms with Gasteiger partial charge in [0.05, 0.1) is 7.11 Å². The second kappa shape index (κ2) is 6.73. The third-order valence-electron chi connectivity index (χ3n) is 4.01. The Kier molecular flexibility index (Phi) is 5.25. The van der Waals surface area contributed by atoms with Gasteiger partial charge in [0, 0.05) is 28.7 Å². The zero-order valence-electron chi connectivity index (χ0n) is 11.7. The molecule has 19 heavy (non-hydrogen) atoms. The summed E-state index contributed by atoms with van der Waals surface area (Å²) in [5.74, 6) is 0.944. The molecule has 0 aromatic heterocycles. The predicted molar refractivity (Wildman–Crippen MR) is 82.4 cm³/mol. The summed E-state index contributed by atoms with van der Waals surface area (Å²) in [5, 5.41) is 0. The molecule has 1 aliphatic rings. The summed E-state index contributed by atoms with van der Waals surface area (Å²) in [6.45, 7) is 0.876. The Bertz CT molecular complexity index is 425. The van der Waals surface area contributed by atoms with E-state index in [9.17, 15) is 0 Å². The average molecular weight is 327 g/mol. The van der Waals surface area contributed by atoms with E-state index in [1.807, 2.05) is 12.1 Å². The first-order valence-electron chi connectivity index (χ1n) is 6.90. The van der Waals surface area contributed by atoms with Crippen molar-refractivity contribution in [3.63, 3.8) is 0 Å². The topological polar surface area (TPSA) is 38.5 Å². The number of methoxy groups -OCH3 is 1. The summed E-state index contributed by atoms with van der Waals surface area (Å²) in [4.78, 5) is 2.37. The highest BCUT2D eigenvalue weighted by atomic mass is 79.9. The number of hydrogen-bond donors (Lipinski definition) is 1. The van der Waals surface area contributed by atoms with E-state index < -0.39 is 0 Å². The number of benzene rings is 1. The fourth-order valence-electron chi connectivity index (χ4n) is 2.94. The molecule has 4 heteroatoms. The largest absolute Gasteiger partial charge is 0.496 e. The SMILES string of the molecule is COc1ccc(Br)cc1CN(C)C1CCCCC1N. The van der Waals surface area contributed by atoms with Crippen LogP contribution in [0.1, 0.15) is 31.2 Å². The molecule has 0 heterocycles. The zero-order valence-corrected chi connectivity index (χ0v) is 13.3. The molecular weight excluding hydrogens is 304 g/mol. The van der Waals surface area contributed by atoms with Crippen molar-refractivity contribution in [3.05, 3.63) is 28.2 Å². The summed E-state index contributed by atoms with van der Waals surface area (Å²) >= 11 is 3.52. The Morgan fingerprint density at radius 1 is 1.37 bits per heavy atom. The second-order valence-corrected chi connectivity index (χ2v) is 6.30. The van der Waals surface area contributed by atoms with Gasteiger partial charge in [0.25, 0.3) is 0 Å². The summed E-state index contributed by atoms with van der Waals surface area (Å²) < 4.78 is 6.52. The lowest BCUT2D eigenvalue weighted by Gasteiger charge is -2.36. The third kappa shape index (κ3) is 3.71. The molecule has 2 rings (SSSR count). The van der Waals surface area contributed by atoms with Gasteiger partial charge in [-0.3, -0.25) is 4.90 Å². The Hall–Kier alpha value is -0.580. The number of halogens is 1. The fourth-order valence-corrected chi connectivity index (χ4v) is 3.35. The minimum Gasteiger partial charge on any atom is -0.496 e. The van der Waals surface area contributed by atoms with Crippen molar-refractivity contribution in [1.82, 2.24) is 4.90 Å². The first kappa shape index (κ1) is 14.8. The second-order valence-electron chi connectivity index (χ2n) is 5.39. The van der Waals surface area contributed by atoms with Gasteiger partial charge in [-0.1, -0.05) is 28.8 Å². The number of nitrogens with two attached hydrogens (primary N) is 1. The molecule has 1 aliphatic carbocycles. The molecule has 0 saturated heterocycles. The van der Waals surface area contributed by atoms with Crippen LogP contribution in [0.2, 0.25) is 0 Å². The lowest BCUT2D eigenvalue weighted by molar-refractivity contribution is 0.161. The predicted octanol–water partition coefficient (Wildman–Crippen LogP) is 3.16. The maximum atomic E-state index is 6.25. The van der Waals surface area contributed by atoms with E-state index in [4.69, 9.17) is 10.5 Å². The fraction of sp³-hybridized carbons (Fsp3) is 0.600. The van der Waals surface area contributed by atoms with Gasteiger partial charge in [0.15, 0.2) is 0 Å². The lowest BCUT2D eigenvalue weighted by Crippen LogP contribution is -2.47. The number of hydrogen-bond acceptors (Lipinski definition) is 3. The molecule has 0 bridgehead atoms. The molecule has 1 aromatic carbocycles.